The van der Waals surface area contributed by atoms with Crippen molar-refractivity contribution in [3.8, 4) is 11.1 Å². The zero-order chi connectivity index (χ0) is 18.7. The van der Waals surface area contributed by atoms with Crippen LogP contribution in [0.25, 0.3) is 11.1 Å². The quantitative estimate of drug-likeness (QED) is 0.326. The number of nitrogen functional groups attached to an aromatic ring is 1. The first-order valence-electron chi connectivity index (χ1n) is 7.61. The van der Waals surface area contributed by atoms with Crippen molar-refractivity contribution in [1.29, 1.82) is 5.41 Å². The zero-order valence-electron chi connectivity index (χ0n) is 13.9. The maximum absolute atomic E-state index is 12.7. The molecule has 5 nitrogen and oxygen atoms in total. The van der Waals surface area contributed by atoms with Gasteiger partial charge in [0.25, 0.3) is 10.0 Å². The SMILES string of the molecule is CSc1sc(C(=N)N)cc1NS(=O)(=O)c1ccc(-c2ccccc2)cc1. The Kier molecular flexibility index (Phi) is 5.36. The summed E-state index contributed by atoms with van der Waals surface area (Å²) in [5.41, 5.74) is 7.92. The van der Waals surface area contributed by atoms with Gasteiger partial charge in [-0.05, 0) is 35.6 Å². The van der Waals surface area contributed by atoms with Crippen LogP contribution in [-0.2, 0) is 10.0 Å². The molecule has 0 saturated carbocycles. The molecule has 134 valence electrons. The molecule has 0 saturated heterocycles. The van der Waals surface area contributed by atoms with E-state index in [1.54, 1.807) is 30.3 Å². The third-order valence-corrected chi connectivity index (χ3v) is 7.35. The molecule has 1 heterocycles. The Bertz CT molecular complexity index is 1030. The Morgan fingerprint density at radius 2 is 1.69 bits per heavy atom. The van der Waals surface area contributed by atoms with Gasteiger partial charge in [-0.25, -0.2) is 8.42 Å². The molecule has 0 atom stereocenters. The lowest BCUT2D eigenvalue weighted by molar-refractivity contribution is 0.601. The Morgan fingerprint density at radius 3 is 2.27 bits per heavy atom. The van der Waals surface area contributed by atoms with Crippen LogP contribution in [-0.4, -0.2) is 20.5 Å². The highest BCUT2D eigenvalue weighted by atomic mass is 32.2. The predicted octanol–water partition coefficient (Wildman–Crippen LogP) is 4.22. The Labute approximate surface area is 160 Å². The molecule has 0 spiro atoms. The van der Waals surface area contributed by atoms with E-state index in [1.807, 2.05) is 36.6 Å². The fourth-order valence-corrected chi connectivity index (χ4v) is 5.22. The summed E-state index contributed by atoms with van der Waals surface area (Å²) >= 11 is 2.70. The van der Waals surface area contributed by atoms with Crippen LogP contribution in [0.5, 0.6) is 0 Å². The standard InChI is InChI=1S/C18H17N3O2S3/c1-24-18-15(11-16(25-18)17(19)20)21-26(22,23)14-9-7-13(8-10-14)12-5-3-2-4-6-12/h2-11,21H,1H3,(H3,19,20). The molecule has 0 aliphatic carbocycles. The number of hydrogen-bond acceptors (Lipinski definition) is 5. The van der Waals surface area contributed by atoms with Crippen molar-refractivity contribution in [1.82, 2.24) is 0 Å². The molecule has 8 heteroatoms. The summed E-state index contributed by atoms with van der Waals surface area (Å²) in [6.07, 6.45) is 1.85. The summed E-state index contributed by atoms with van der Waals surface area (Å²) in [7, 11) is -3.73. The normalized spacial score (nSPS) is 11.3. The first-order valence-corrected chi connectivity index (χ1v) is 11.1. The zero-order valence-corrected chi connectivity index (χ0v) is 16.3. The molecular formula is C18H17N3O2S3. The molecule has 26 heavy (non-hydrogen) atoms. The van der Waals surface area contributed by atoms with Gasteiger partial charge in [-0.15, -0.1) is 23.1 Å². The lowest BCUT2D eigenvalue weighted by atomic mass is 10.1. The first kappa shape index (κ1) is 18.5. The van der Waals surface area contributed by atoms with Gasteiger partial charge in [0.15, 0.2) is 0 Å². The molecule has 0 bridgehead atoms. The highest BCUT2D eigenvalue weighted by Crippen LogP contribution is 2.36. The minimum atomic E-state index is -3.73. The van der Waals surface area contributed by atoms with Crippen molar-refractivity contribution in [2.24, 2.45) is 5.73 Å². The smallest absolute Gasteiger partial charge is 0.261 e. The highest BCUT2D eigenvalue weighted by Gasteiger charge is 2.19. The van der Waals surface area contributed by atoms with Gasteiger partial charge >= 0.3 is 0 Å². The largest absolute Gasteiger partial charge is 0.383 e. The van der Waals surface area contributed by atoms with Gasteiger partial charge in [0.2, 0.25) is 0 Å². The third-order valence-electron chi connectivity index (χ3n) is 3.66. The number of benzene rings is 2. The molecule has 0 aliphatic heterocycles. The fourth-order valence-electron chi connectivity index (χ4n) is 2.39. The molecule has 1 aromatic heterocycles. The molecule has 0 radical (unpaired) electrons. The minimum Gasteiger partial charge on any atom is -0.383 e. The number of nitrogens with one attached hydrogen (secondary N) is 2. The van der Waals surface area contributed by atoms with Gasteiger partial charge in [-0.3, -0.25) is 10.1 Å². The second-order valence-corrected chi connectivity index (χ2v) is 9.24. The van der Waals surface area contributed by atoms with E-state index in [0.717, 1.165) is 15.3 Å². The van der Waals surface area contributed by atoms with Crippen molar-refractivity contribution in [3.63, 3.8) is 0 Å². The van der Waals surface area contributed by atoms with Crippen LogP contribution in [0.1, 0.15) is 4.88 Å². The topological polar surface area (TPSA) is 96.0 Å². The third kappa shape index (κ3) is 3.92. The van der Waals surface area contributed by atoms with Crippen molar-refractivity contribution in [3.05, 3.63) is 65.5 Å². The van der Waals surface area contributed by atoms with E-state index < -0.39 is 10.0 Å². The van der Waals surface area contributed by atoms with Crippen molar-refractivity contribution >= 4 is 44.6 Å². The van der Waals surface area contributed by atoms with E-state index in [4.69, 9.17) is 11.1 Å². The molecule has 0 fully saturated rings. The lowest BCUT2D eigenvalue weighted by Gasteiger charge is -2.09. The average molecular weight is 404 g/mol. The van der Waals surface area contributed by atoms with Crippen LogP contribution in [0.4, 0.5) is 5.69 Å². The Balaban J connectivity index is 1.88. The maximum Gasteiger partial charge on any atom is 0.261 e. The molecule has 2 aromatic carbocycles. The molecule has 3 rings (SSSR count). The summed E-state index contributed by atoms with van der Waals surface area (Å²) < 4.78 is 28.8. The number of anilines is 1. The molecule has 4 N–H and O–H groups in total. The van der Waals surface area contributed by atoms with Crippen LogP contribution in [0, 0.1) is 5.41 Å². The van der Waals surface area contributed by atoms with Crippen LogP contribution in [0.3, 0.4) is 0 Å². The summed E-state index contributed by atoms with van der Waals surface area (Å²) in [4.78, 5) is 0.714. The number of thioether (sulfide) groups is 1. The highest BCUT2D eigenvalue weighted by molar-refractivity contribution is 8.00. The summed E-state index contributed by atoms with van der Waals surface area (Å²) in [5.74, 6) is -0.0806. The van der Waals surface area contributed by atoms with Crippen LogP contribution in [0.15, 0.2) is 69.8 Å². The minimum absolute atomic E-state index is 0.0806. The van der Waals surface area contributed by atoms with E-state index >= 15 is 0 Å². The maximum atomic E-state index is 12.7. The van der Waals surface area contributed by atoms with E-state index in [-0.39, 0.29) is 10.7 Å². The number of amidine groups is 1. The summed E-state index contributed by atoms with van der Waals surface area (Å²) in [5, 5.41) is 7.52. The Hall–Kier alpha value is -2.29. The fraction of sp³-hybridized carbons (Fsp3) is 0.0556. The predicted molar refractivity (Wildman–Crippen MR) is 110 cm³/mol. The number of rotatable bonds is 6. The summed E-state index contributed by atoms with van der Waals surface area (Å²) in [6, 6.07) is 18.1. The monoisotopic (exact) mass is 403 g/mol. The van der Waals surface area contributed by atoms with E-state index in [0.29, 0.717) is 10.6 Å². The van der Waals surface area contributed by atoms with Crippen LogP contribution >= 0.6 is 23.1 Å². The average Bonchev–Trinajstić information content (AvgIpc) is 3.05. The van der Waals surface area contributed by atoms with Crippen LogP contribution in [0.2, 0.25) is 0 Å². The molecule has 3 aromatic rings. The van der Waals surface area contributed by atoms with Gasteiger partial charge in [-0.2, -0.15) is 0 Å². The van der Waals surface area contributed by atoms with E-state index in [2.05, 4.69) is 4.72 Å². The number of hydrogen-bond donors (Lipinski definition) is 3. The van der Waals surface area contributed by atoms with Gasteiger partial charge in [-0.1, -0.05) is 42.5 Å². The van der Waals surface area contributed by atoms with Crippen molar-refractivity contribution < 1.29 is 8.42 Å². The second kappa shape index (κ2) is 7.53. The van der Waals surface area contributed by atoms with Crippen molar-refractivity contribution in [2.45, 2.75) is 9.10 Å². The Morgan fingerprint density at radius 1 is 1.08 bits per heavy atom. The van der Waals surface area contributed by atoms with Crippen molar-refractivity contribution in [2.75, 3.05) is 11.0 Å². The summed E-state index contributed by atoms with van der Waals surface area (Å²) in [6.45, 7) is 0. The molecule has 0 aliphatic rings. The number of nitrogens with two attached hydrogens (primary N) is 1. The van der Waals surface area contributed by atoms with Gasteiger partial charge < -0.3 is 5.73 Å². The van der Waals surface area contributed by atoms with Gasteiger partial charge in [0.1, 0.15) is 5.84 Å². The molecular weight excluding hydrogens is 386 g/mol. The second-order valence-electron chi connectivity index (χ2n) is 5.43. The molecule has 0 unspecified atom stereocenters. The lowest BCUT2D eigenvalue weighted by Crippen LogP contribution is -2.13. The van der Waals surface area contributed by atoms with Crippen LogP contribution < -0.4 is 10.5 Å². The first-order chi connectivity index (χ1) is 12.4. The van der Waals surface area contributed by atoms with E-state index in [9.17, 15) is 8.42 Å². The number of thiophene rings is 1. The molecule has 0 amide bonds. The van der Waals surface area contributed by atoms with Gasteiger partial charge in [0.05, 0.1) is 19.7 Å². The number of sulfonamides is 1. The van der Waals surface area contributed by atoms with Gasteiger partial charge in [0, 0.05) is 0 Å². The van der Waals surface area contributed by atoms with E-state index in [1.165, 1.54) is 23.1 Å².